The zero-order valence-corrected chi connectivity index (χ0v) is 12.1. The molecule has 0 radical (unpaired) electrons. The minimum absolute atomic E-state index is 0.830. The number of unbranched alkanes of at least 4 members (excludes halogenated alkanes) is 3. The molecule has 0 saturated carbocycles. The first-order chi connectivity index (χ1) is 8.15. The number of aryl methyl sites for hydroxylation is 2. The van der Waals surface area contributed by atoms with Gasteiger partial charge < -0.3 is 4.74 Å². The molecule has 1 rings (SSSR count). The predicted molar refractivity (Wildman–Crippen MR) is 78.5 cm³/mol. The summed E-state index contributed by atoms with van der Waals surface area (Å²) >= 11 is 4.21. The Morgan fingerprint density at radius 3 is 2.41 bits per heavy atom. The lowest BCUT2D eigenvalue weighted by atomic mass is 10.1. The predicted octanol–water partition coefficient (Wildman–Crippen LogP) is 4.48. The number of hydrogen-bond acceptors (Lipinski definition) is 2. The van der Waals surface area contributed by atoms with E-state index in [0.717, 1.165) is 24.5 Å². The second-order valence-corrected chi connectivity index (χ2v) is 5.14. The molecule has 0 aliphatic heterocycles. The quantitative estimate of drug-likeness (QED) is 0.556. The van der Waals surface area contributed by atoms with Crippen molar-refractivity contribution >= 4 is 12.6 Å². The Morgan fingerprint density at radius 1 is 1.00 bits per heavy atom. The Morgan fingerprint density at radius 2 is 1.71 bits per heavy atom. The molecule has 1 nitrogen and oxygen atoms in total. The fraction of sp³-hybridized carbons (Fsp3) is 0.600. The molecule has 17 heavy (non-hydrogen) atoms. The molecule has 0 atom stereocenters. The van der Waals surface area contributed by atoms with Gasteiger partial charge in [-0.25, -0.2) is 0 Å². The zero-order chi connectivity index (χ0) is 12.7. The molecule has 1 aromatic carbocycles. The van der Waals surface area contributed by atoms with E-state index in [1.54, 1.807) is 0 Å². The van der Waals surface area contributed by atoms with Crippen LogP contribution in [0, 0.1) is 20.8 Å². The smallest absolute Gasteiger partial charge is 0.122 e. The molecule has 0 heterocycles. The Balaban J connectivity index is 2.36. The van der Waals surface area contributed by atoms with Crippen LogP contribution in [0.25, 0.3) is 0 Å². The van der Waals surface area contributed by atoms with Crippen LogP contribution in [-0.4, -0.2) is 12.4 Å². The summed E-state index contributed by atoms with van der Waals surface area (Å²) in [4.78, 5) is 0. The Bertz CT molecular complexity index is 347. The molecule has 0 fully saturated rings. The Hall–Kier alpha value is -0.630. The number of ether oxygens (including phenoxy) is 1. The molecule has 0 N–H and O–H groups in total. The fourth-order valence-corrected chi connectivity index (χ4v) is 2.12. The van der Waals surface area contributed by atoms with Gasteiger partial charge in [-0.15, -0.1) is 0 Å². The van der Waals surface area contributed by atoms with Crippen molar-refractivity contribution in [3.05, 3.63) is 28.8 Å². The molecular formula is C15H24OS. The first-order valence-electron chi connectivity index (χ1n) is 6.46. The van der Waals surface area contributed by atoms with E-state index in [-0.39, 0.29) is 0 Å². The average molecular weight is 252 g/mol. The average Bonchev–Trinajstić information content (AvgIpc) is 2.29. The summed E-state index contributed by atoms with van der Waals surface area (Å²) in [7, 11) is 0. The van der Waals surface area contributed by atoms with Gasteiger partial charge in [-0.05, 0) is 62.1 Å². The third-order valence-corrected chi connectivity index (χ3v) is 3.39. The molecule has 0 aliphatic rings. The number of thiol groups is 1. The van der Waals surface area contributed by atoms with Crippen molar-refractivity contribution in [2.24, 2.45) is 0 Å². The molecule has 2 heteroatoms. The van der Waals surface area contributed by atoms with E-state index in [0.29, 0.717) is 0 Å². The van der Waals surface area contributed by atoms with Crippen molar-refractivity contribution < 1.29 is 4.74 Å². The van der Waals surface area contributed by atoms with Crippen LogP contribution in [-0.2, 0) is 0 Å². The van der Waals surface area contributed by atoms with E-state index >= 15 is 0 Å². The number of rotatable bonds is 7. The monoisotopic (exact) mass is 252 g/mol. The topological polar surface area (TPSA) is 9.23 Å². The molecule has 0 spiro atoms. The van der Waals surface area contributed by atoms with Crippen LogP contribution in [0.4, 0.5) is 0 Å². The summed E-state index contributed by atoms with van der Waals surface area (Å²) in [5, 5.41) is 0. The molecule has 0 aliphatic carbocycles. The Labute approximate surface area is 111 Å². The first kappa shape index (κ1) is 14.4. The van der Waals surface area contributed by atoms with Gasteiger partial charge in [-0.3, -0.25) is 0 Å². The maximum Gasteiger partial charge on any atom is 0.122 e. The van der Waals surface area contributed by atoms with E-state index in [9.17, 15) is 0 Å². The van der Waals surface area contributed by atoms with Crippen LogP contribution < -0.4 is 4.74 Å². The summed E-state index contributed by atoms with van der Waals surface area (Å²) in [6.45, 7) is 7.22. The van der Waals surface area contributed by atoms with E-state index in [1.807, 2.05) is 0 Å². The highest BCUT2D eigenvalue weighted by Crippen LogP contribution is 2.23. The minimum Gasteiger partial charge on any atom is -0.493 e. The summed E-state index contributed by atoms with van der Waals surface area (Å²) in [6, 6.07) is 4.34. The second kappa shape index (κ2) is 7.65. The molecule has 96 valence electrons. The lowest BCUT2D eigenvalue weighted by Crippen LogP contribution is -2.00. The van der Waals surface area contributed by atoms with Crippen LogP contribution in [0.15, 0.2) is 12.1 Å². The van der Waals surface area contributed by atoms with Crippen molar-refractivity contribution in [3.63, 3.8) is 0 Å². The van der Waals surface area contributed by atoms with Gasteiger partial charge >= 0.3 is 0 Å². The van der Waals surface area contributed by atoms with Gasteiger partial charge in [0.05, 0.1) is 6.61 Å². The van der Waals surface area contributed by atoms with Crippen LogP contribution >= 0.6 is 12.6 Å². The van der Waals surface area contributed by atoms with Gasteiger partial charge in [0, 0.05) is 0 Å². The maximum absolute atomic E-state index is 5.86. The van der Waals surface area contributed by atoms with Crippen LogP contribution in [0.2, 0.25) is 0 Å². The standard InChI is InChI=1S/C15H24OS/c1-12-10-13(2)14(3)15(11-12)16-8-6-4-5-7-9-17/h10-11,17H,4-9H2,1-3H3. The van der Waals surface area contributed by atoms with Gasteiger partial charge in [-0.1, -0.05) is 18.9 Å². The largest absolute Gasteiger partial charge is 0.493 e. The summed E-state index contributed by atoms with van der Waals surface area (Å²) in [5.41, 5.74) is 3.86. The molecule has 0 saturated heterocycles. The van der Waals surface area contributed by atoms with Gasteiger partial charge in [0.2, 0.25) is 0 Å². The van der Waals surface area contributed by atoms with Gasteiger partial charge in [0.15, 0.2) is 0 Å². The molecule has 0 amide bonds. The first-order valence-corrected chi connectivity index (χ1v) is 7.10. The third kappa shape index (κ3) is 5.03. The minimum atomic E-state index is 0.830. The Kier molecular flexibility index (Phi) is 6.49. The lowest BCUT2D eigenvalue weighted by molar-refractivity contribution is 0.303. The summed E-state index contributed by atoms with van der Waals surface area (Å²) < 4.78 is 5.86. The summed E-state index contributed by atoms with van der Waals surface area (Å²) in [6.07, 6.45) is 4.86. The fourth-order valence-electron chi connectivity index (χ4n) is 1.90. The van der Waals surface area contributed by atoms with Crippen LogP contribution in [0.3, 0.4) is 0 Å². The molecule has 0 unspecified atom stereocenters. The van der Waals surface area contributed by atoms with Crippen molar-refractivity contribution in [1.29, 1.82) is 0 Å². The lowest BCUT2D eigenvalue weighted by Gasteiger charge is -2.12. The number of hydrogen-bond donors (Lipinski definition) is 1. The van der Waals surface area contributed by atoms with E-state index in [4.69, 9.17) is 4.74 Å². The summed E-state index contributed by atoms with van der Waals surface area (Å²) in [5.74, 6) is 2.05. The van der Waals surface area contributed by atoms with E-state index in [1.165, 1.54) is 36.0 Å². The SMILES string of the molecule is Cc1cc(C)c(C)c(OCCCCCCS)c1. The second-order valence-electron chi connectivity index (χ2n) is 4.69. The molecule has 1 aromatic rings. The van der Waals surface area contributed by atoms with Gasteiger partial charge in [-0.2, -0.15) is 12.6 Å². The third-order valence-electron chi connectivity index (χ3n) is 3.07. The van der Waals surface area contributed by atoms with Crippen molar-refractivity contribution in [2.45, 2.75) is 46.5 Å². The maximum atomic E-state index is 5.86. The zero-order valence-electron chi connectivity index (χ0n) is 11.3. The molecular weight excluding hydrogens is 228 g/mol. The van der Waals surface area contributed by atoms with Crippen molar-refractivity contribution in [3.8, 4) is 5.75 Å². The molecule has 0 aromatic heterocycles. The van der Waals surface area contributed by atoms with E-state index < -0.39 is 0 Å². The number of benzene rings is 1. The van der Waals surface area contributed by atoms with Crippen molar-refractivity contribution in [1.82, 2.24) is 0 Å². The highest BCUT2D eigenvalue weighted by Gasteiger charge is 2.03. The highest BCUT2D eigenvalue weighted by atomic mass is 32.1. The normalized spacial score (nSPS) is 10.6. The highest BCUT2D eigenvalue weighted by molar-refractivity contribution is 7.80. The van der Waals surface area contributed by atoms with E-state index in [2.05, 4.69) is 45.5 Å². The molecule has 0 bridgehead atoms. The van der Waals surface area contributed by atoms with Crippen molar-refractivity contribution in [2.75, 3.05) is 12.4 Å². The van der Waals surface area contributed by atoms with Crippen LogP contribution in [0.5, 0.6) is 5.75 Å². The van der Waals surface area contributed by atoms with Gasteiger partial charge in [0.25, 0.3) is 0 Å². The van der Waals surface area contributed by atoms with Crippen LogP contribution in [0.1, 0.15) is 42.4 Å². The van der Waals surface area contributed by atoms with Gasteiger partial charge in [0.1, 0.15) is 5.75 Å².